The van der Waals surface area contributed by atoms with Gasteiger partial charge in [-0.05, 0) is 12.5 Å². The third kappa shape index (κ3) is 3.98. The number of ketones is 1. The molecule has 0 heterocycles. The van der Waals surface area contributed by atoms with Gasteiger partial charge < -0.3 is 4.74 Å². The number of carbonyl (C=O) groups is 1. The summed E-state index contributed by atoms with van der Waals surface area (Å²) in [6.45, 7) is 4.24. The van der Waals surface area contributed by atoms with Gasteiger partial charge in [-0.25, -0.2) is 0 Å². The van der Waals surface area contributed by atoms with Crippen molar-refractivity contribution in [3.63, 3.8) is 0 Å². The van der Waals surface area contributed by atoms with E-state index in [9.17, 15) is 4.79 Å². The highest BCUT2D eigenvalue weighted by Gasteiger charge is 2.08. The lowest BCUT2D eigenvalue weighted by Gasteiger charge is -2.03. The lowest BCUT2D eigenvalue weighted by molar-refractivity contribution is 0.0767. The normalized spacial score (nSPS) is 9.93. The molecule has 0 saturated carbocycles. The number of hydrogen-bond acceptors (Lipinski definition) is 2. The molecule has 0 aliphatic heterocycles. The molecule has 0 aliphatic rings. The number of rotatable bonds is 6. The number of halogens is 1. The Bertz CT molecular complexity index is 347. The molecule has 1 rings (SSSR count). The van der Waals surface area contributed by atoms with Crippen LogP contribution in [0.1, 0.15) is 16.8 Å². The molecule has 1 aromatic rings. The Kier molecular flexibility index (Phi) is 5.29. The second-order valence-corrected chi connectivity index (χ2v) is 3.89. The molecule has 0 N–H and O–H groups in total. The SMILES string of the molecule is C=CCCOCC(=O)c1ccccc1Br. The van der Waals surface area contributed by atoms with Crippen molar-refractivity contribution < 1.29 is 9.53 Å². The van der Waals surface area contributed by atoms with Crippen molar-refractivity contribution >= 4 is 21.7 Å². The molecule has 1 aromatic carbocycles. The van der Waals surface area contributed by atoms with Crippen LogP contribution in [0.25, 0.3) is 0 Å². The minimum Gasteiger partial charge on any atom is -0.373 e. The molecule has 80 valence electrons. The van der Waals surface area contributed by atoms with Gasteiger partial charge in [0.25, 0.3) is 0 Å². The molecule has 2 nitrogen and oxygen atoms in total. The van der Waals surface area contributed by atoms with E-state index in [2.05, 4.69) is 22.5 Å². The maximum atomic E-state index is 11.6. The Morgan fingerprint density at radius 1 is 1.47 bits per heavy atom. The van der Waals surface area contributed by atoms with Gasteiger partial charge in [0.2, 0.25) is 0 Å². The van der Waals surface area contributed by atoms with Crippen LogP contribution in [0.3, 0.4) is 0 Å². The topological polar surface area (TPSA) is 26.3 Å². The molecule has 0 aromatic heterocycles. The smallest absolute Gasteiger partial charge is 0.189 e. The van der Waals surface area contributed by atoms with E-state index in [4.69, 9.17) is 4.74 Å². The molecular weight excluding hydrogens is 256 g/mol. The summed E-state index contributed by atoms with van der Waals surface area (Å²) in [6, 6.07) is 7.33. The second-order valence-electron chi connectivity index (χ2n) is 3.03. The molecule has 0 saturated heterocycles. The summed E-state index contributed by atoms with van der Waals surface area (Å²) in [7, 11) is 0. The summed E-state index contributed by atoms with van der Waals surface area (Å²) in [4.78, 5) is 11.6. The van der Waals surface area contributed by atoms with Gasteiger partial charge in [-0.3, -0.25) is 4.79 Å². The van der Waals surface area contributed by atoms with E-state index in [1.54, 1.807) is 12.1 Å². The molecule has 15 heavy (non-hydrogen) atoms. The summed E-state index contributed by atoms with van der Waals surface area (Å²) in [5.41, 5.74) is 0.663. The number of hydrogen-bond donors (Lipinski definition) is 0. The van der Waals surface area contributed by atoms with Gasteiger partial charge in [0.1, 0.15) is 6.61 Å². The van der Waals surface area contributed by atoms with Gasteiger partial charge in [0.05, 0.1) is 6.61 Å². The van der Waals surface area contributed by atoms with Crippen LogP contribution in [0, 0.1) is 0 Å². The van der Waals surface area contributed by atoms with Gasteiger partial charge in [0.15, 0.2) is 5.78 Å². The standard InChI is InChI=1S/C12H13BrO2/c1-2-3-8-15-9-12(14)10-6-4-5-7-11(10)13/h2,4-7H,1,3,8-9H2. The van der Waals surface area contributed by atoms with Crippen molar-refractivity contribution in [1.29, 1.82) is 0 Å². The van der Waals surface area contributed by atoms with Crippen molar-refractivity contribution in [2.75, 3.05) is 13.2 Å². The second kappa shape index (κ2) is 6.53. The molecule has 0 bridgehead atoms. The lowest BCUT2D eigenvalue weighted by Crippen LogP contribution is -2.10. The maximum absolute atomic E-state index is 11.6. The lowest BCUT2D eigenvalue weighted by atomic mass is 10.1. The molecule has 3 heteroatoms. The monoisotopic (exact) mass is 268 g/mol. The number of ether oxygens (including phenoxy) is 1. The summed E-state index contributed by atoms with van der Waals surface area (Å²) in [5, 5.41) is 0. The Hall–Kier alpha value is -0.930. The van der Waals surface area contributed by atoms with Crippen LogP contribution in [0.5, 0.6) is 0 Å². The zero-order valence-electron chi connectivity index (χ0n) is 8.41. The predicted molar refractivity (Wildman–Crippen MR) is 64.1 cm³/mol. The first-order valence-corrected chi connectivity index (χ1v) is 5.51. The van der Waals surface area contributed by atoms with Gasteiger partial charge in [-0.1, -0.05) is 40.2 Å². The maximum Gasteiger partial charge on any atom is 0.189 e. The van der Waals surface area contributed by atoms with E-state index >= 15 is 0 Å². The van der Waals surface area contributed by atoms with Crippen molar-refractivity contribution in [3.05, 3.63) is 47.0 Å². The van der Waals surface area contributed by atoms with Gasteiger partial charge >= 0.3 is 0 Å². The average molecular weight is 269 g/mol. The predicted octanol–water partition coefficient (Wildman–Crippen LogP) is 3.22. The molecular formula is C12H13BrO2. The fraction of sp³-hybridized carbons (Fsp3) is 0.250. The van der Waals surface area contributed by atoms with E-state index < -0.39 is 0 Å². The summed E-state index contributed by atoms with van der Waals surface area (Å²) in [6.07, 6.45) is 2.53. The minimum atomic E-state index is -0.00784. The fourth-order valence-electron chi connectivity index (χ4n) is 1.10. The Morgan fingerprint density at radius 3 is 2.87 bits per heavy atom. The average Bonchev–Trinajstić information content (AvgIpc) is 2.25. The van der Waals surface area contributed by atoms with Crippen LogP contribution in [-0.2, 0) is 4.74 Å². The Balaban J connectivity index is 2.47. The van der Waals surface area contributed by atoms with Crippen molar-refractivity contribution in [2.24, 2.45) is 0 Å². The molecule has 0 fully saturated rings. The Morgan fingerprint density at radius 2 is 2.20 bits per heavy atom. The van der Waals surface area contributed by atoms with E-state index in [1.165, 1.54) is 0 Å². The third-order valence-electron chi connectivity index (χ3n) is 1.87. The van der Waals surface area contributed by atoms with Crippen LogP contribution in [0.4, 0.5) is 0 Å². The molecule has 0 atom stereocenters. The molecule has 0 amide bonds. The van der Waals surface area contributed by atoms with Crippen molar-refractivity contribution in [2.45, 2.75) is 6.42 Å². The van der Waals surface area contributed by atoms with Crippen LogP contribution < -0.4 is 0 Å². The van der Waals surface area contributed by atoms with Crippen LogP contribution in [-0.4, -0.2) is 19.0 Å². The first-order valence-electron chi connectivity index (χ1n) is 4.72. The van der Waals surface area contributed by atoms with Crippen LogP contribution in [0.15, 0.2) is 41.4 Å². The minimum absolute atomic E-state index is 0.00784. The fourth-order valence-corrected chi connectivity index (χ4v) is 1.60. The number of carbonyl (C=O) groups excluding carboxylic acids is 1. The first-order chi connectivity index (χ1) is 7.25. The molecule has 0 unspecified atom stereocenters. The Labute approximate surface area is 98.1 Å². The first kappa shape index (κ1) is 12.1. The molecule has 0 aliphatic carbocycles. The summed E-state index contributed by atoms with van der Waals surface area (Å²) < 4.78 is 6.01. The quantitative estimate of drug-likeness (QED) is 0.450. The molecule has 0 radical (unpaired) electrons. The van der Waals surface area contributed by atoms with E-state index in [1.807, 2.05) is 18.2 Å². The molecule has 0 spiro atoms. The van der Waals surface area contributed by atoms with Gasteiger partial charge in [-0.2, -0.15) is 0 Å². The summed E-state index contributed by atoms with van der Waals surface area (Å²) in [5.74, 6) is -0.00784. The third-order valence-corrected chi connectivity index (χ3v) is 2.57. The van der Waals surface area contributed by atoms with Crippen LogP contribution in [0.2, 0.25) is 0 Å². The van der Waals surface area contributed by atoms with Gasteiger partial charge in [-0.15, -0.1) is 6.58 Å². The van der Waals surface area contributed by atoms with E-state index in [-0.39, 0.29) is 12.4 Å². The highest BCUT2D eigenvalue weighted by molar-refractivity contribution is 9.10. The number of Topliss-reactive ketones (excluding diaryl/α,β-unsaturated/α-hetero) is 1. The van der Waals surface area contributed by atoms with Crippen molar-refractivity contribution in [3.8, 4) is 0 Å². The highest BCUT2D eigenvalue weighted by Crippen LogP contribution is 2.16. The van der Waals surface area contributed by atoms with E-state index in [0.717, 1.165) is 10.9 Å². The largest absolute Gasteiger partial charge is 0.373 e. The zero-order valence-corrected chi connectivity index (χ0v) is 10.00. The number of benzene rings is 1. The van der Waals surface area contributed by atoms with E-state index in [0.29, 0.717) is 12.2 Å². The van der Waals surface area contributed by atoms with Crippen LogP contribution >= 0.6 is 15.9 Å². The highest BCUT2D eigenvalue weighted by atomic mass is 79.9. The zero-order chi connectivity index (χ0) is 11.1. The summed E-state index contributed by atoms with van der Waals surface area (Å²) >= 11 is 3.33. The van der Waals surface area contributed by atoms with Crippen molar-refractivity contribution in [1.82, 2.24) is 0 Å². The van der Waals surface area contributed by atoms with Gasteiger partial charge in [0, 0.05) is 10.0 Å².